The van der Waals surface area contributed by atoms with Gasteiger partial charge in [0, 0.05) is 43.7 Å². The van der Waals surface area contributed by atoms with E-state index in [4.69, 9.17) is 0 Å². The summed E-state index contributed by atoms with van der Waals surface area (Å²) >= 11 is 0. The number of hydrogen-bond donors (Lipinski definition) is 2. The van der Waals surface area contributed by atoms with Crippen LogP contribution in [0.1, 0.15) is 44.3 Å². The lowest BCUT2D eigenvalue weighted by atomic mass is 10.1. The van der Waals surface area contributed by atoms with Crippen LogP contribution in [0.15, 0.2) is 41.4 Å². The van der Waals surface area contributed by atoms with Gasteiger partial charge < -0.3 is 10.3 Å². The molecule has 2 fully saturated rings. The minimum Gasteiger partial charge on any atom is -0.353 e. The molecule has 0 saturated carbocycles. The number of nitrogens with one attached hydrogen (secondary N) is 2. The standard InChI is InChI=1S/C23H27N5O3S/c29-22-5-2-1-4-18(25-22)8-11-21-26-20-14-17(15-24-23(20)27-21)16-6-9-19(10-7-16)32(30,31)28-12-3-13-28/h6-7,9-10,14-15,18H,1-5,8,11-13H2,(H,25,29)(H,24,26,27). The normalized spacial score (nSPS) is 20.0. The van der Waals surface area contributed by atoms with Crippen LogP contribution in [-0.4, -0.2) is 52.7 Å². The van der Waals surface area contributed by atoms with Gasteiger partial charge in [-0.2, -0.15) is 4.31 Å². The molecule has 1 unspecified atom stereocenters. The Kier molecular flexibility index (Phi) is 5.69. The minimum absolute atomic E-state index is 0.145. The Hall–Kier alpha value is -2.78. The van der Waals surface area contributed by atoms with E-state index in [-0.39, 0.29) is 11.9 Å². The van der Waals surface area contributed by atoms with Crippen LogP contribution < -0.4 is 5.32 Å². The number of pyridine rings is 1. The first-order valence-electron chi connectivity index (χ1n) is 11.2. The van der Waals surface area contributed by atoms with Gasteiger partial charge in [-0.15, -0.1) is 0 Å². The van der Waals surface area contributed by atoms with Gasteiger partial charge in [-0.05, 0) is 49.4 Å². The molecule has 32 heavy (non-hydrogen) atoms. The molecule has 0 bridgehead atoms. The van der Waals surface area contributed by atoms with E-state index in [0.717, 1.165) is 61.0 Å². The molecule has 168 valence electrons. The SMILES string of the molecule is O=C1CCCCC(CCc2nc3ncc(-c4ccc(S(=O)(=O)N5CCC5)cc4)cc3[nH]2)N1. The highest BCUT2D eigenvalue weighted by molar-refractivity contribution is 7.89. The summed E-state index contributed by atoms with van der Waals surface area (Å²) in [6.07, 6.45) is 7.96. The molecule has 1 aromatic carbocycles. The van der Waals surface area contributed by atoms with Crippen molar-refractivity contribution in [1.82, 2.24) is 24.6 Å². The number of rotatable bonds is 6. The molecule has 2 aliphatic rings. The fourth-order valence-corrected chi connectivity index (χ4v) is 5.81. The average molecular weight is 454 g/mol. The highest BCUT2D eigenvalue weighted by Gasteiger charge is 2.29. The molecule has 1 amide bonds. The minimum atomic E-state index is -3.38. The fraction of sp³-hybridized carbons (Fsp3) is 0.435. The van der Waals surface area contributed by atoms with Crippen molar-refractivity contribution in [2.45, 2.75) is 55.9 Å². The molecular weight excluding hydrogens is 426 g/mol. The van der Waals surface area contributed by atoms with Gasteiger partial charge in [-0.25, -0.2) is 18.4 Å². The van der Waals surface area contributed by atoms with Gasteiger partial charge in [-0.1, -0.05) is 18.6 Å². The Morgan fingerprint density at radius 2 is 1.88 bits per heavy atom. The zero-order chi connectivity index (χ0) is 22.1. The summed E-state index contributed by atoms with van der Waals surface area (Å²) in [6.45, 7) is 1.19. The quantitative estimate of drug-likeness (QED) is 0.596. The number of sulfonamides is 1. The molecule has 5 rings (SSSR count). The third kappa shape index (κ3) is 4.27. The van der Waals surface area contributed by atoms with E-state index in [0.29, 0.717) is 30.1 Å². The predicted octanol–water partition coefficient (Wildman–Crippen LogP) is 3.01. The van der Waals surface area contributed by atoms with Crippen molar-refractivity contribution >= 4 is 27.1 Å². The maximum absolute atomic E-state index is 12.5. The van der Waals surface area contributed by atoms with Crippen LogP contribution in [-0.2, 0) is 21.2 Å². The summed E-state index contributed by atoms with van der Waals surface area (Å²) in [4.78, 5) is 24.5. The first kappa shape index (κ1) is 21.1. The lowest BCUT2D eigenvalue weighted by Gasteiger charge is -2.29. The Morgan fingerprint density at radius 3 is 2.62 bits per heavy atom. The maximum Gasteiger partial charge on any atom is 0.243 e. The summed E-state index contributed by atoms with van der Waals surface area (Å²) in [5.41, 5.74) is 3.31. The molecule has 2 aliphatic heterocycles. The fourth-order valence-electron chi connectivity index (χ4n) is 4.30. The van der Waals surface area contributed by atoms with Crippen molar-refractivity contribution in [2.24, 2.45) is 0 Å². The van der Waals surface area contributed by atoms with Gasteiger partial charge in [0.25, 0.3) is 0 Å². The second-order valence-corrected chi connectivity index (χ2v) is 10.5. The molecule has 0 spiro atoms. The molecule has 9 heteroatoms. The second kappa shape index (κ2) is 8.63. The number of imidazole rings is 1. The Balaban J connectivity index is 1.30. The monoisotopic (exact) mass is 453 g/mol. The number of benzene rings is 1. The van der Waals surface area contributed by atoms with Crippen molar-refractivity contribution in [1.29, 1.82) is 0 Å². The summed E-state index contributed by atoms with van der Waals surface area (Å²) in [5.74, 6) is 1.01. The molecule has 2 N–H and O–H groups in total. The number of hydrogen-bond acceptors (Lipinski definition) is 5. The van der Waals surface area contributed by atoms with Crippen LogP contribution in [0, 0.1) is 0 Å². The zero-order valence-corrected chi connectivity index (χ0v) is 18.7. The summed E-state index contributed by atoms with van der Waals surface area (Å²) in [6, 6.07) is 9.15. The van der Waals surface area contributed by atoms with E-state index >= 15 is 0 Å². The van der Waals surface area contributed by atoms with Crippen molar-refractivity contribution in [3.05, 3.63) is 42.4 Å². The van der Waals surface area contributed by atoms with E-state index in [9.17, 15) is 13.2 Å². The highest BCUT2D eigenvalue weighted by atomic mass is 32.2. The van der Waals surface area contributed by atoms with E-state index in [1.165, 1.54) is 4.31 Å². The third-order valence-electron chi connectivity index (χ3n) is 6.33. The number of amides is 1. The smallest absolute Gasteiger partial charge is 0.243 e. The number of nitrogens with zero attached hydrogens (tertiary/aromatic N) is 3. The summed E-state index contributed by atoms with van der Waals surface area (Å²) in [7, 11) is -3.38. The number of carbonyl (C=O) groups excluding carboxylic acids is 1. The first-order valence-corrected chi connectivity index (χ1v) is 12.7. The molecule has 1 atom stereocenters. The molecule has 0 aliphatic carbocycles. The molecule has 2 aromatic heterocycles. The summed E-state index contributed by atoms with van der Waals surface area (Å²) in [5, 5.41) is 3.10. The van der Waals surface area contributed by atoms with Gasteiger partial charge in [0.15, 0.2) is 5.65 Å². The number of H-pyrrole nitrogens is 1. The maximum atomic E-state index is 12.5. The van der Waals surface area contributed by atoms with E-state index in [2.05, 4.69) is 20.3 Å². The van der Waals surface area contributed by atoms with E-state index in [1.807, 2.05) is 18.2 Å². The van der Waals surface area contributed by atoms with Crippen molar-refractivity contribution in [3.63, 3.8) is 0 Å². The molecule has 3 aromatic rings. The number of fused-ring (bicyclic) bond motifs is 1. The predicted molar refractivity (Wildman–Crippen MR) is 121 cm³/mol. The molecule has 4 heterocycles. The molecule has 2 saturated heterocycles. The van der Waals surface area contributed by atoms with Crippen molar-refractivity contribution < 1.29 is 13.2 Å². The number of carbonyl (C=O) groups is 1. The number of aromatic amines is 1. The zero-order valence-electron chi connectivity index (χ0n) is 17.9. The van der Waals surface area contributed by atoms with E-state index < -0.39 is 10.0 Å². The van der Waals surface area contributed by atoms with Crippen molar-refractivity contribution in [2.75, 3.05) is 13.1 Å². The van der Waals surface area contributed by atoms with Crippen LogP contribution in [0.5, 0.6) is 0 Å². The lowest BCUT2D eigenvalue weighted by molar-refractivity contribution is -0.121. The van der Waals surface area contributed by atoms with Gasteiger partial charge in [0.2, 0.25) is 15.9 Å². The highest BCUT2D eigenvalue weighted by Crippen LogP contribution is 2.26. The topological polar surface area (TPSA) is 108 Å². The second-order valence-electron chi connectivity index (χ2n) is 8.61. The Morgan fingerprint density at radius 1 is 1.06 bits per heavy atom. The molecule has 8 nitrogen and oxygen atoms in total. The van der Waals surface area contributed by atoms with Crippen LogP contribution >= 0.6 is 0 Å². The Bertz CT molecular complexity index is 1230. The number of aryl methyl sites for hydroxylation is 1. The van der Waals surface area contributed by atoms with Crippen LogP contribution in [0.3, 0.4) is 0 Å². The van der Waals surface area contributed by atoms with Gasteiger partial charge in [0.05, 0.1) is 10.4 Å². The van der Waals surface area contributed by atoms with Crippen LogP contribution in [0.4, 0.5) is 0 Å². The van der Waals surface area contributed by atoms with Crippen LogP contribution in [0.2, 0.25) is 0 Å². The van der Waals surface area contributed by atoms with Crippen molar-refractivity contribution in [3.8, 4) is 11.1 Å². The first-order chi connectivity index (χ1) is 15.5. The summed E-state index contributed by atoms with van der Waals surface area (Å²) < 4.78 is 26.6. The van der Waals surface area contributed by atoms with Gasteiger partial charge in [0.1, 0.15) is 5.82 Å². The molecular formula is C23H27N5O3S. The van der Waals surface area contributed by atoms with Gasteiger partial charge in [-0.3, -0.25) is 4.79 Å². The lowest BCUT2D eigenvalue weighted by Crippen LogP contribution is -2.41. The molecule has 0 radical (unpaired) electrons. The van der Waals surface area contributed by atoms with Gasteiger partial charge >= 0.3 is 0 Å². The number of aromatic nitrogens is 3. The largest absolute Gasteiger partial charge is 0.353 e. The van der Waals surface area contributed by atoms with E-state index in [1.54, 1.807) is 18.3 Å². The average Bonchev–Trinajstić information content (AvgIpc) is 3.03. The Labute approximate surface area is 187 Å². The third-order valence-corrected chi connectivity index (χ3v) is 8.24. The van der Waals surface area contributed by atoms with Crippen LogP contribution in [0.25, 0.3) is 22.3 Å².